The first-order chi connectivity index (χ1) is 68.2. The highest BCUT2D eigenvalue weighted by atomic mass is 127. The summed E-state index contributed by atoms with van der Waals surface area (Å²) in [6.45, 7) is 28.2. The first kappa shape index (κ1) is 112. The van der Waals surface area contributed by atoms with Crippen molar-refractivity contribution in [2.24, 2.45) is 11.8 Å². The van der Waals surface area contributed by atoms with Crippen LogP contribution in [0.2, 0.25) is 20.1 Å². The second-order valence-corrected chi connectivity index (χ2v) is 45.6. The van der Waals surface area contributed by atoms with Gasteiger partial charge in [-0.2, -0.15) is 0 Å². The molecule has 768 valence electrons. The maximum absolute atomic E-state index is 13.5. The molecule has 0 bridgehead atoms. The molecule has 0 spiro atoms. The van der Waals surface area contributed by atoms with Crippen molar-refractivity contribution in [2.45, 2.75) is 160 Å². The molecule has 4 aromatic heterocycles. The third-order valence-corrected chi connectivity index (χ3v) is 32.5. The van der Waals surface area contributed by atoms with Gasteiger partial charge in [0, 0.05) is 163 Å². The zero-order valence-electron chi connectivity index (χ0n) is 80.3. The van der Waals surface area contributed by atoms with Gasteiger partial charge in [0.05, 0.1) is 77.9 Å². The number of carbonyl (C=O) groups excluding carboxylic acids is 2. The topological polar surface area (TPSA) is 293 Å². The molecule has 146 heavy (non-hydrogen) atoms. The second-order valence-electron chi connectivity index (χ2n) is 40.2. The van der Waals surface area contributed by atoms with Crippen molar-refractivity contribution in [1.29, 1.82) is 0 Å². The number of Topliss-reactive ketones (excluding diaryl/α,β-unsaturated/α-hetero) is 2. The first-order valence-electron chi connectivity index (χ1n) is 47.3. The number of aliphatic hydroxyl groups is 6. The van der Waals surface area contributed by atoms with Gasteiger partial charge in [0.1, 0.15) is 66.6 Å². The number of fused-ring (bicyclic) bond motifs is 12. The largest absolute Gasteiger partial charge is 1.00 e. The number of pyridine rings is 4. The molecule has 0 radical (unpaired) electrons. The fourth-order valence-electron chi connectivity index (χ4n) is 23.2. The highest BCUT2D eigenvalue weighted by molar-refractivity contribution is 9.11. The summed E-state index contributed by atoms with van der Waals surface area (Å²) in [5.74, 6) is -1.86. The number of rotatable bonds is 12. The Morgan fingerprint density at radius 3 is 1.08 bits per heavy atom. The Balaban J connectivity index is 0.000000140. The predicted octanol–water partition coefficient (Wildman–Crippen LogP) is 18.0. The Kier molecular flexibility index (Phi) is 33.5. The molecule has 3 saturated heterocycles. The van der Waals surface area contributed by atoms with E-state index in [4.69, 9.17) is 79.6 Å². The lowest BCUT2D eigenvalue weighted by Crippen LogP contribution is -3.00. The van der Waals surface area contributed by atoms with E-state index in [0.29, 0.717) is 105 Å². The van der Waals surface area contributed by atoms with Crippen molar-refractivity contribution in [1.82, 2.24) is 35.1 Å². The zero-order valence-corrected chi connectivity index (χ0v) is 91.8. The van der Waals surface area contributed by atoms with Gasteiger partial charge in [0.2, 0.25) is 17.0 Å². The van der Waals surface area contributed by atoms with E-state index in [1.54, 1.807) is 28.8 Å². The number of ether oxygens (including phenoxy) is 7. The van der Waals surface area contributed by atoms with Crippen molar-refractivity contribution in [3.63, 3.8) is 0 Å². The van der Waals surface area contributed by atoms with E-state index in [1.807, 2.05) is 232 Å². The van der Waals surface area contributed by atoms with Crippen LogP contribution < -0.4 is 48.2 Å². The predicted molar refractivity (Wildman–Crippen MR) is 576 cm³/mol. The lowest BCUT2D eigenvalue weighted by Gasteiger charge is -2.45. The van der Waals surface area contributed by atoms with Crippen molar-refractivity contribution >= 4 is 128 Å². The van der Waals surface area contributed by atoms with Crippen LogP contribution in [0, 0.1) is 11.8 Å². The van der Waals surface area contributed by atoms with E-state index in [-0.39, 0.29) is 114 Å². The first-order valence-corrected chi connectivity index (χ1v) is 52.0. The normalized spacial score (nSPS) is 29.0. The molecule has 7 N–H and O–H groups in total. The number of nitrogens with one attached hydrogen (secondary N) is 1. The smallest absolute Gasteiger partial charge is 0.218 e. The van der Waals surface area contributed by atoms with Crippen LogP contribution in [0.25, 0.3) is 0 Å². The fraction of sp³-hybridized carbons (Fsp3) is 0.360. The summed E-state index contributed by atoms with van der Waals surface area (Å²) in [5.41, 5.74) is -5.22. The number of ketones is 2. The lowest BCUT2D eigenvalue weighted by molar-refractivity contribution is -0.454. The average molecular weight is 2430 g/mol. The molecule has 0 unspecified atom stereocenters. The van der Waals surface area contributed by atoms with E-state index in [2.05, 4.69) is 154 Å². The Labute approximate surface area is 923 Å². The van der Waals surface area contributed by atoms with E-state index in [1.165, 1.54) is 24.8 Å². The van der Waals surface area contributed by atoms with Crippen LogP contribution in [-0.4, -0.2) is 199 Å². The molecule has 32 heteroatoms. The second kappa shape index (κ2) is 43.8. The van der Waals surface area contributed by atoms with Crippen LogP contribution >= 0.6 is 110 Å². The summed E-state index contributed by atoms with van der Waals surface area (Å²) < 4.78 is 48.6. The van der Waals surface area contributed by atoms with Crippen LogP contribution in [0.4, 0.5) is 0 Å². The molecule has 8 aromatic carbocycles. The molecule has 11 aliphatic rings. The number of aromatic nitrogens is 4. The lowest BCUT2D eigenvalue weighted by atomic mass is 9.71. The monoisotopic (exact) mass is 2420 g/mol. The van der Waals surface area contributed by atoms with Gasteiger partial charge in [0.25, 0.3) is 0 Å². The van der Waals surface area contributed by atoms with Gasteiger partial charge in [-0.3, -0.25) is 39.3 Å². The molecule has 23 nitrogen and oxygen atoms in total. The molecule has 16 atom stereocenters. The molecular weight excluding hydrogens is 2310 g/mol. The van der Waals surface area contributed by atoms with Crippen molar-refractivity contribution < 1.29 is 102 Å². The maximum atomic E-state index is 13.5. The van der Waals surface area contributed by atoms with Gasteiger partial charge < -0.3 is 93.1 Å². The quantitative estimate of drug-likeness (QED) is 0.0259. The number of aliphatic hydroxyl groups excluding tert-OH is 2. The van der Waals surface area contributed by atoms with E-state index >= 15 is 0 Å². The van der Waals surface area contributed by atoms with Crippen molar-refractivity contribution in [3.8, 4) is 23.0 Å². The zero-order chi connectivity index (χ0) is 102. The average Bonchev–Trinajstić information content (AvgIpc) is 1.50. The molecular formula is C114H119Br4Cl4IN8O15. The highest BCUT2D eigenvalue weighted by Gasteiger charge is 2.81. The number of carbonyl (C=O) groups is 2. The van der Waals surface area contributed by atoms with Gasteiger partial charge in [-0.25, -0.2) is 4.58 Å². The van der Waals surface area contributed by atoms with E-state index in [9.17, 15) is 40.2 Å². The number of morpholine rings is 3. The summed E-state index contributed by atoms with van der Waals surface area (Å²) >= 11 is 38.8. The SMILES string of the molecule is C.C.C=C1C(=O)[C@@]2(O)c3ncc(Cl)cc3O[C@@]2(c2ccc(Br)cc2)[C@@H]1c1ccccc1.C=[N+](C)C.CC1(C)COCCN1.CC1(C)COCCN1C[C@H]1[C@@H](O)[C@@]2(O)c3ncc(Cl)cc3O[C@@]2(c2ccc(Br)cc2)[C@@H]1c1ccccc1.CC1(C)COCCN1C[C@H]1[C@@H](O)[C@@]2(O)c3ncc(Cl)cc3O[C@@]2(c2ccc(Br)cc2)[C@@H]1c1ccccc1.O=C1C[C@@H](c2ccccc2)[C@]2(c3ccc(Br)cc3)Oc3cc(Cl)cnc3[C@]12O.[I-]. The maximum Gasteiger partial charge on any atom is 0.218 e. The summed E-state index contributed by atoms with van der Waals surface area (Å²) in [6.07, 6.45) is 3.68. The molecule has 23 rings (SSSR count). The minimum absolute atomic E-state index is 0. The Bertz CT molecular complexity index is 6550. The Hall–Kier alpha value is -8.36. The van der Waals surface area contributed by atoms with Crippen LogP contribution in [0.1, 0.15) is 154 Å². The molecule has 4 aliphatic carbocycles. The summed E-state index contributed by atoms with van der Waals surface area (Å²) in [7, 11) is 3.78. The highest BCUT2D eigenvalue weighted by Crippen LogP contribution is 2.73. The number of halogens is 9. The van der Waals surface area contributed by atoms with Crippen molar-refractivity contribution in [3.05, 3.63) is 385 Å². The minimum Gasteiger partial charge on any atom is -1.00 e. The third-order valence-electron chi connectivity index (χ3n) is 29.6. The van der Waals surface area contributed by atoms with Gasteiger partial charge >= 0.3 is 0 Å². The van der Waals surface area contributed by atoms with Crippen LogP contribution in [-0.2, 0) is 68.6 Å². The van der Waals surface area contributed by atoms with Gasteiger partial charge in [-0.1, -0.05) is 301 Å². The van der Waals surface area contributed by atoms with E-state index in [0.717, 1.165) is 84.1 Å². The van der Waals surface area contributed by atoms with Crippen molar-refractivity contribution in [2.75, 3.05) is 86.5 Å². The van der Waals surface area contributed by atoms with Crippen LogP contribution in [0.5, 0.6) is 23.0 Å². The third kappa shape index (κ3) is 19.2. The Morgan fingerprint density at radius 2 is 0.740 bits per heavy atom. The van der Waals surface area contributed by atoms with Gasteiger partial charge in [0.15, 0.2) is 39.4 Å². The van der Waals surface area contributed by atoms with Crippen LogP contribution in [0.15, 0.2) is 297 Å². The number of hydrogen-bond donors (Lipinski definition) is 7. The summed E-state index contributed by atoms with van der Waals surface area (Å²) in [5, 5.41) is 78.6. The summed E-state index contributed by atoms with van der Waals surface area (Å²) in [4.78, 5) is 49.1. The number of hydrogen-bond acceptors (Lipinski definition) is 22. The van der Waals surface area contributed by atoms with E-state index < -0.39 is 68.7 Å². The minimum atomic E-state index is -2.02. The molecule has 7 fully saturated rings. The standard InChI is InChI=1S/2C29H30BrClN2O4.C23H15BrClNO3.C22H15BrClNO3.C6H13NO.C3H8N.2CH4.HI/c2*1-27(2)17-36-13-12-33(27)16-22-24(18-6-4-3-5-7-18)29(19-8-10-20(30)11-9-19)28(35,26(22)34)25-23(37-29)14-21(31)15-32-25;1-13-19(14-5-3-2-4-6-14)23(15-7-9-16(24)10-8-15)22(28,21(13)27)20-18(29-23)11-17(25)12-26-20;23-15-8-6-14(7-9-15)22-17(13-4-2-1-3-5-13)11-19(26)21(22,27)20-18(28-22)10-16(24)12-25-20;1-6(2)5-8-4-3-7-6;1-4(2)3;;;/h2*3-11,14-15,22,24,26,34-35H,12-13,16-17H2,1-2H3;2-12,19,28H,1H2;1-10,12,17,27H,11H2;7H,3-5H2,1-2H3;1H2,2-3H3;2*1H4;1H/q;;;;;+1;;;/p-1/t2*22-,24-,26-,28+,29+;19-,22-,23-;17-,21+,22-;;;;;/m1100...../s1. The fourth-order valence-corrected chi connectivity index (χ4v) is 24.9. The van der Waals surface area contributed by atoms with Crippen LogP contribution in [0.3, 0.4) is 0 Å². The number of benzene rings is 8. The molecule has 12 aromatic rings. The number of nitrogens with zero attached hydrogens (tertiary/aromatic N) is 7. The van der Waals surface area contributed by atoms with Gasteiger partial charge in [-0.15, -0.1) is 0 Å². The van der Waals surface area contributed by atoms with Gasteiger partial charge in [-0.05, 0) is 129 Å². The molecule has 11 heterocycles. The summed E-state index contributed by atoms with van der Waals surface area (Å²) in [6, 6.07) is 76.2. The molecule has 4 saturated carbocycles. The Morgan fingerprint density at radius 1 is 0.432 bits per heavy atom. The molecule has 7 aliphatic heterocycles. The molecule has 0 amide bonds.